The average Bonchev–Trinajstić information content (AvgIpc) is 3.33. The zero-order valence-electron chi connectivity index (χ0n) is 22.5. The van der Waals surface area contributed by atoms with Gasteiger partial charge in [0.25, 0.3) is 0 Å². The Balaban J connectivity index is 1.28. The van der Waals surface area contributed by atoms with Crippen molar-refractivity contribution in [1.29, 1.82) is 0 Å². The number of sulfonamides is 1. The second kappa shape index (κ2) is 10.9. The van der Waals surface area contributed by atoms with E-state index in [0.29, 0.717) is 42.7 Å². The molecule has 9 heteroatoms. The lowest BCUT2D eigenvalue weighted by Crippen LogP contribution is -2.49. The molecule has 0 saturated carbocycles. The summed E-state index contributed by atoms with van der Waals surface area (Å²) in [6.45, 7) is 4.36. The van der Waals surface area contributed by atoms with Crippen LogP contribution in [0.2, 0.25) is 0 Å². The van der Waals surface area contributed by atoms with Gasteiger partial charge < -0.3 is 9.64 Å². The van der Waals surface area contributed by atoms with Crippen LogP contribution in [-0.4, -0.2) is 56.0 Å². The number of hydrogen-bond donors (Lipinski definition) is 0. The first-order valence-corrected chi connectivity index (χ1v) is 15.9. The van der Waals surface area contributed by atoms with Crippen molar-refractivity contribution in [3.05, 3.63) is 76.4 Å². The molecule has 2 aliphatic rings. The van der Waals surface area contributed by atoms with Gasteiger partial charge in [0, 0.05) is 37.5 Å². The van der Waals surface area contributed by atoms with Gasteiger partial charge in [-0.05, 0) is 67.0 Å². The number of rotatable bonds is 7. The predicted octanol–water partition coefficient (Wildman–Crippen LogP) is 5.12. The molecule has 1 saturated heterocycles. The molecular weight excluding hydrogens is 528 g/mol. The minimum absolute atomic E-state index is 0.297. The van der Waals surface area contributed by atoms with E-state index in [9.17, 15) is 8.42 Å². The van der Waals surface area contributed by atoms with Crippen molar-refractivity contribution in [1.82, 2.24) is 14.3 Å². The summed E-state index contributed by atoms with van der Waals surface area (Å²) in [5.41, 5.74) is 2.69. The highest BCUT2D eigenvalue weighted by molar-refractivity contribution is 7.89. The number of piperazine rings is 1. The van der Waals surface area contributed by atoms with Gasteiger partial charge in [-0.25, -0.2) is 18.4 Å². The van der Waals surface area contributed by atoms with E-state index in [4.69, 9.17) is 14.7 Å². The summed E-state index contributed by atoms with van der Waals surface area (Å²) in [7, 11) is -2.00. The van der Waals surface area contributed by atoms with Crippen LogP contribution in [0.15, 0.2) is 59.5 Å². The summed E-state index contributed by atoms with van der Waals surface area (Å²) < 4.78 is 33.5. The Morgan fingerprint density at radius 2 is 1.72 bits per heavy atom. The monoisotopic (exact) mass is 562 g/mol. The second-order valence-electron chi connectivity index (χ2n) is 10.5. The predicted molar refractivity (Wildman–Crippen MR) is 156 cm³/mol. The van der Waals surface area contributed by atoms with Crippen LogP contribution >= 0.6 is 11.3 Å². The number of benzene rings is 2. The number of fused-ring (bicyclic) bond motifs is 3. The molecule has 3 heterocycles. The van der Waals surface area contributed by atoms with E-state index in [1.807, 2.05) is 17.4 Å². The van der Waals surface area contributed by atoms with Gasteiger partial charge in [0.1, 0.15) is 22.2 Å². The molecule has 204 valence electrons. The Kier molecular flexibility index (Phi) is 7.31. The number of anilines is 1. The first-order chi connectivity index (χ1) is 18.9. The first-order valence-electron chi connectivity index (χ1n) is 13.7. The van der Waals surface area contributed by atoms with E-state index in [-0.39, 0.29) is 0 Å². The molecule has 1 atom stereocenters. The minimum Gasteiger partial charge on any atom is -0.497 e. The smallest absolute Gasteiger partial charge is 0.243 e. The number of aryl methyl sites for hydroxylation is 3. The normalized spacial score (nSPS) is 18.3. The third kappa shape index (κ3) is 5.27. The number of ether oxygens (including phenoxy) is 1. The largest absolute Gasteiger partial charge is 0.497 e. The third-order valence-corrected chi connectivity index (χ3v) is 11.0. The van der Waals surface area contributed by atoms with E-state index in [1.165, 1.54) is 27.8 Å². The maximum absolute atomic E-state index is 13.3. The summed E-state index contributed by atoms with van der Waals surface area (Å²) in [4.78, 5) is 15.3. The highest BCUT2D eigenvalue weighted by Crippen LogP contribution is 2.41. The van der Waals surface area contributed by atoms with Gasteiger partial charge >= 0.3 is 0 Å². The summed E-state index contributed by atoms with van der Waals surface area (Å²) in [5, 5.41) is 1.19. The minimum atomic E-state index is -3.57. The van der Waals surface area contributed by atoms with Crippen LogP contribution in [0.1, 0.15) is 35.2 Å². The van der Waals surface area contributed by atoms with Crippen molar-refractivity contribution >= 4 is 37.4 Å². The Hall–Kier alpha value is -3.01. The van der Waals surface area contributed by atoms with Gasteiger partial charge in [0.2, 0.25) is 10.0 Å². The summed E-state index contributed by atoms with van der Waals surface area (Å²) >= 11 is 1.83. The standard InChI is InChI=1S/C30H34N4O3S2/c1-21-8-14-25-26(20-21)38-30-28(25)29(31-27(32-30)15-9-22-6-4-3-5-7-22)33-16-18-34(19-17-33)39(35,36)24-12-10-23(37-2)11-13-24/h3-7,10-13,21H,8-9,14-20H2,1-2H3/t21-/m0/s1. The Bertz CT molecular complexity index is 1560. The van der Waals surface area contributed by atoms with E-state index in [2.05, 4.69) is 36.1 Å². The van der Waals surface area contributed by atoms with Crippen molar-refractivity contribution in [2.24, 2.45) is 5.92 Å². The van der Waals surface area contributed by atoms with Crippen molar-refractivity contribution in [2.75, 3.05) is 38.2 Å². The number of nitrogens with zero attached hydrogens (tertiary/aromatic N) is 4. The zero-order valence-corrected chi connectivity index (χ0v) is 24.1. The number of hydrogen-bond acceptors (Lipinski definition) is 7. The molecule has 39 heavy (non-hydrogen) atoms. The zero-order chi connectivity index (χ0) is 27.0. The molecule has 0 amide bonds. The van der Waals surface area contributed by atoms with Gasteiger partial charge in [-0.3, -0.25) is 0 Å². The summed E-state index contributed by atoms with van der Waals surface area (Å²) in [5.74, 6) is 3.17. The second-order valence-corrected chi connectivity index (χ2v) is 13.6. The summed E-state index contributed by atoms with van der Waals surface area (Å²) in [6, 6.07) is 17.1. The van der Waals surface area contributed by atoms with Gasteiger partial charge in [0.05, 0.1) is 17.4 Å². The fraction of sp³-hybridized carbons (Fsp3) is 0.400. The van der Waals surface area contributed by atoms with E-state index >= 15 is 0 Å². The van der Waals surface area contributed by atoms with E-state index < -0.39 is 10.0 Å². The lowest BCUT2D eigenvalue weighted by molar-refractivity contribution is 0.383. The molecule has 4 aromatic rings. The fourth-order valence-electron chi connectivity index (χ4n) is 5.64. The highest BCUT2D eigenvalue weighted by Gasteiger charge is 2.31. The molecule has 0 bridgehead atoms. The molecule has 6 rings (SSSR count). The lowest BCUT2D eigenvalue weighted by atomic mass is 9.89. The molecule has 1 aliphatic heterocycles. The molecular formula is C30H34N4O3S2. The van der Waals surface area contributed by atoms with Gasteiger partial charge in [-0.1, -0.05) is 37.3 Å². The van der Waals surface area contributed by atoms with Crippen LogP contribution in [0.25, 0.3) is 10.2 Å². The molecule has 1 aliphatic carbocycles. The third-order valence-electron chi connectivity index (χ3n) is 7.90. The number of aromatic nitrogens is 2. The van der Waals surface area contributed by atoms with Gasteiger partial charge in [-0.2, -0.15) is 4.31 Å². The number of thiophene rings is 1. The molecule has 0 spiro atoms. The van der Waals surface area contributed by atoms with E-state index in [1.54, 1.807) is 35.7 Å². The summed E-state index contributed by atoms with van der Waals surface area (Å²) in [6.07, 6.45) is 5.01. The molecule has 0 unspecified atom stereocenters. The highest BCUT2D eigenvalue weighted by atomic mass is 32.2. The Morgan fingerprint density at radius 1 is 0.974 bits per heavy atom. The lowest BCUT2D eigenvalue weighted by Gasteiger charge is -2.35. The van der Waals surface area contributed by atoms with Gasteiger partial charge in [0.15, 0.2) is 0 Å². The van der Waals surface area contributed by atoms with Crippen LogP contribution in [0.3, 0.4) is 0 Å². The van der Waals surface area contributed by atoms with E-state index in [0.717, 1.165) is 42.2 Å². The van der Waals surface area contributed by atoms with Crippen LogP contribution in [0, 0.1) is 5.92 Å². The topological polar surface area (TPSA) is 75.6 Å². The maximum Gasteiger partial charge on any atom is 0.243 e. The average molecular weight is 563 g/mol. The van der Waals surface area contributed by atoms with Crippen LogP contribution < -0.4 is 9.64 Å². The van der Waals surface area contributed by atoms with Crippen LogP contribution in [0.5, 0.6) is 5.75 Å². The van der Waals surface area contributed by atoms with Crippen molar-refractivity contribution in [2.45, 2.75) is 43.9 Å². The van der Waals surface area contributed by atoms with Crippen LogP contribution in [0.4, 0.5) is 5.82 Å². The maximum atomic E-state index is 13.3. The number of methoxy groups -OCH3 is 1. The molecule has 0 N–H and O–H groups in total. The molecule has 7 nitrogen and oxygen atoms in total. The molecule has 2 aromatic heterocycles. The molecule has 2 aromatic carbocycles. The van der Waals surface area contributed by atoms with Crippen molar-refractivity contribution in [3.63, 3.8) is 0 Å². The Labute approximate surface area is 234 Å². The first kappa shape index (κ1) is 26.2. The molecule has 0 radical (unpaired) electrons. The van der Waals surface area contributed by atoms with Gasteiger partial charge in [-0.15, -0.1) is 11.3 Å². The Morgan fingerprint density at radius 3 is 2.44 bits per heavy atom. The fourth-order valence-corrected chi connectivity index (χ4v) is 8.46. The quantitative estimate of drug-likeness (QED) is 0.311. The molecule has 1 fully saturated rings. The van der Waals surface area contributed by atoms with Crippen LogP contribution in [-0.2, 0) is 35.7 Å². The SMILES string of the molecule is COc1ccc(S(=O)(=O)N2CCN(c3nc(CCc4ccccc4)nc4sc5c(c34)CC[C@H](C)C5)CC2)cc1. The van der Waals surface area contributed by atoms with Crippen molar-refractivity contribution < 1.29 is 13.2 Å². The van der Waals surface area contributed by atoms with Crippen molar-refractivity contribution in [3.8, 4) is 5.75 Å².